The Balaban J connectivity index is 1.37. The second-order valence-electron chi connectivity index (χ2n) is 7.21. The summed E-state index contributed by atoms with van der Waals surface area (Å²) in [5.74, 6) is -0.0520. The third-order valence-corrected chi connectivity index (χ3v) is 6.34. The topological polar surface area (TPSA) is 76.2 Å². The summed E-state index contributed by atoms with van der Waals surface area (Å²) in [6, 6.07) is 14.6. The molecular formula is C23H21ClN2O5S. The number of hydrogen-bond acceptors (Lipinski definition) is 6. The van der Waals surface area contributed by atoms with Crippen molar-refractivity contribution >= 4 is 46.5 Å². The van der Waals surface area contributed by atoms with Crippen molar-refractivity contribution in [3.63, 3.8) is 0 Å². The summed E-state index contributed by atoms with van der Waals surface area (Å²) in [5.41, 5.74) is 1.64. The number of carbonyl (C=O) groups is 3. The standard InChI is InChI=1S/C23H21ClN2O5S/c24-19-4-2-1-3-17(19)15-31-18-7-5-16(6-8-18)13-20-22(28)26(23(29)32-20)14-21(27)25-9-11-30-12-10-25/h1-8,13H,9-12,14-15H2/b20-13+. The van der Waals surface area contributed by atoms with E-state index in [1.807, 2.05) is 24.3 Å². The first-order valence-corrected chi connectivity index (χ1v) is 11.3. The van der Waals surface area contributed by atoms with Crippen LogP contribution in [0, 0.1) is 0 Å². The van der Waals surface area contributed by atoms with Gasteiger partial charge in [-0.05, 0) is 41.6 Å². The molecule has 0 N–H and O–H groups in total. The van der Waals surface area contributed by atoms with E-state index in [0.29, 0.717) is 43.7 Å². The first-order valence-electron chi connectivity index (χ1n) is 10.1. The Morgan fingerprint density at radius 3 is 2.53 bits per heavy atom. The van der Waals surface area contributed by atoms with Gasteiger partial charge in [0.15, 0.2) is 0 Å². The number of morpholine rings is 1. The summed E-state index contributed by atoms with van der Waals surface area (Å²) in [6.07, 6.45) is 1.64. The molecule has 2 aliphatic rings. The lowest BCUT2D eigenvalue weighted by Crippen LogP contribution is -2.46. The summed E-state index contributed by atoms with van der Waals surface area (Å²) < 4.78 is 11.0. The highest BCUT2D eigenvalue weighted by molar-refractivity contribution is 8.18. The zero-order chi connectivity index (χ0) is 22.5. The van der Waals surface area contributed by atoms with Gasteiger partial charge in [0.1, 0.15) is 18.9 Å². The fourth-order valence-corrected chi connectivity index (χ4v) is 4.30. The minimum atomic E-state index is -0.458. The number of carbonyl (C=O) groups excluding carboxylic acids is 3. The second-order valence-corrected chi connectivity index (χ2v) is 8.61. The molecule has 0 bridgehead atoms. The van der Waals surface area contributed by atoms with Crippen LogP contribution in [0.4, 0.5) is 4.79 Å². The summed E-state index contributed by atoms with van der Waals surface area (Å²) in [4.78, 5) is 40.3. The molecule has 2 fully saturated rings. The van der Waals surface area contributed by atoms with Gasteiger partial charge in [0.2, 0.25) is 5.91 Å². The summed E-state index contributed by atoms with van der Waals surface area (Å²) >= 11 is 6.98. The van der Waals surface area contributed by atoms with E-state index in [2.05, 4.69) is 0 Å². The Bertz CT molecular complexity index is 1050. The van der Waals surface area contributed by atoms with Crippen LogP contribution in [0.1, 0.15) is 11.1 Å². The molecular weight excluding hydrogens is 452 g/mol. The number of ether oxygens (including phenoxy) is 2. The zero-order valence-electron chi connectivity index (χ0n) is 17.2. The van der Waals surface area contributed by atoms with Gasteiger partial charge in [-0.25, -0.2) is 0 Å². The van der Waals surface area contributed by atoms with Gasteiger partial charge in [0.05, 0.1) is 18.1 Å². The smallest absolute Gasteiger partial charge is 0.294 e. The van der Waals surface area contributed by atoms with E-state index in [1.54, 1.807) is 35.2 Å². The molecule has 0 spiro atoms. The van der Waals surface area contributed by atoms with Crippen molar-refractivity contribution in [3.8, 4) is 5.75 Å². The molecule has 2 aromatic carbocycles. The minimum Gasteiger partial charge on any atom is -0.489 e. The first kappa shape index (κ1) is 22.4. The number of rotatable bonds is 6. The number of imide groups is 1. The fourth-order valence-electron chi connectivity index (χ4n) is 3.27. The molecule has 2 aliphatic heterocycles. The SMILES string of the molecule is O=C(CN1C(=O)S/C(=C/c2ccc(OCc3ccccc3Cl)cc2)C1=O)N1CCOCC1. The molecule has 0 aliphatic carbocycles. The predicted octanol–water partition coefficient (Wildman–Crippen LogP) is 3.81. The lowest BCUT2D eigenvalue weighted by atomic mass is 10.2. The van der Waals surface area contributed by atoms with Crippen molar-refractivity contribution in [1.82, 2.24) is 9.80 Å². The molecule has 2 saturated heterocycles. The van der Waals surface area contributed by atoms with Gasteiger partial charge in [0.25, 0.3) is 11.1 Å². The third kappa shape index (κ3) is 5.32. The van der Waals surface area contributed by atoms with Gasteiger partial charge in [-0.15, -0.1) is 0 Å². The molecule has 0 aromatic heterocycles. The van der Waals surface area contributed by atoms with Crippen molar-refractivity contribution in [2.24, 2.45) is 0 Å². The number of benzene rings is 2. The van der Waals surface area contributed by atoms with Gasteiger partial charge in [-0.2, -0.15) is 0 Å². The molecule has 2 heterocycles. The van der Waals surface area contributed by atoms with E-state index in [-0.39, 0.29) is 17.4 Å². The largest absolute Gasteiger partial charge is 0.489 e. The van der Waals surface area contributed by atoms with Crippen LogP contribution < -0.4 is 4.74 Å². The molecule has 2 aromatic rings. The van der Waals surface area contributed by atoms with Crippen molar-refractivity contribution in [2.45, 2.75) is 6.61 Å². The monoisotopic (exact) mass is 472 g/mol. The summed E-state index contributed by atoms with van der Waals surface area (Å²) in [5, 5.41) is 0.203. The van der Waals surface area contributed by atoms with E-state index in [1.165, 1.54) is 0 Å². The van der Waals surface area contributed by atoms with Crippen molar-refractivity contribution < 1.29 is 23.9 Å². The lowest BCUT2D eigenvalue weighted by Gasteiger charge is -2.28. The minimum absolute atomic E-state index is 0.253. The zero-order valence-corrected chi connectivity index (χ0v) is 18.7. The molecule has 7 nitrogen and oxygen atoms in total. The second kappa shape index (κ2) is 10.2. The van der Waals surface area contributed by atoms with Gasteiger partial charge in [-0.1, -0.05) is 41.9 Å². The Kier molecular flexibility index (Phi) is 7.14. The maximum atomic E-state index is 12.7. The molecule has 32 heavy (non-hydrogen) atoms. The van der Waals surface area contributed by atoms with Crippen LogP contribution in [0.15, 0.2) is 53.4 Å². The number of amides is 3. The van der Waals surface area contributed by atoms with Crippen LogP contribution in [0.3, 0.4) is 0 Å². The van der Waals surface area contributed by atoms with E-state index >= 15 is 0 Å². The Morgan fingerprint density at radius 2 is 1.81 bits per heavy atom. The Morgan fingerprint density at radius 1 is 1.09 bits per heavy atom. The van der Waals surface area contributed by atoms with Crippen molar-refractivity contribution in [3.05, 3.63) is 69.6 Å². The van der Waals surface area contributed by atoms with Crippen LogP contribution in [0.5, 0.6) is 5.75 Å². The Hall–Kier alpha value is -2.81. The molecule has 3 amide bonds. The number of nitrogens with zero attached hydrogens (tertiary/aromatic N) is 2. The van der Waals surface area contributed by atoms with Crippen molar-refractivity contribution in [2.75, 3.05) is 32.8 Å². The van der Waals surface area contributed by atoms with E-state index in [9.17, 15) is 14.4 Å². The van der Waals surface area contributed by atoms with Gasteiger partial charge < -0.3 is 14.4 Å². The molecule has 0 atom stereocenters. The van der Waals surface area contributed by atoms with Crippen LogP contribution in [-0.2, 0) is 20.9 Å². The fraction of sp³-hybridized carbons (Fsp3) is 0.261. The highest BCUT2D eigenvalue weighted by atomic mass is 35.5. The normalized spacial score (nSPS) is 17.8. The summed E-state index contributed by atoms with van der Waals surface area (Å²) in [6.45, 7) is 1.95. The van der Waals surface area contributed by atoms with Gasteiger partial charge in [0, 0.05) is 23.7 Å². The molecule has 9 heteroatoms. The highest BCUT2D eigenvalue weighted by Gasteiger charge is 2.37. The maximum Gasteiger partial charge on any atom is 0.294 e. The maximum absolute atomic E-state index is 12.7. The molecule has 166 valence electrons. The lowest BCUT2D eigenvalue weighted by molar-refractivity contribution is -0.139. The van der Waals surface area contributed by atoms with E-state index in [4.69, 9.17) is 21.1 Å². The van der Waals surface area contributed by atoms with Crippen LogP contribution in [-0.4, -0.2) is 59.7 Å². The van der Waals surface area contributed by atoms with E-state index < -0.39 is 11.1 Å². The quantitative estimate of drug-likeness (QED) is 0.595. The number of hydrogen-bond donors (Lipinski definition) is 0. The average molecular weight is 473 g/mol. The van der Waals surface area contributed by atoms with Crippen LogP contribution in [0.25, 0.3) is 6.08 Å². The van der Waals surface area contributed by atoms with Crippen molar-refractivity contribution in [1.29, 1.82) is 0 Å². The molecule has 0 saturated carbocycles. The first-order chi connectivity index (χ1) is 15.5. The molecule has 0 radical (unpaired) electrons. The number of halogens is 1. The molecule has 4 rings (SSSR count). The van der Waals surface area contributed by atoms with Crippen LogP contribution >= 0.6 is 23.4 Å². The average Bonchev–Trinajstić information content (AvgIpc) is 3.07. The van der Waals surface area contributed by atoms with Crippen LogP contribution in [0.2, 0.25) is 5.02 Å². The number of thioether (sulfide) groups is 1. The highest BCUT2D eigenvalue weighted by Crippen LogP contribution is 2.32. The predicted molar refractivity (Wildman–Crippen MR) is 122 cm³/mol. The van der Waals surface area contributed by atoms with Gasteiger partial charge >= 0.3 is 0 Å². The summed E-state index contributed by atoms with van der Waals surface area (Å²) in [7, 11) is 0. The Labute approximate surface area is 194 Å². The third-order valence-electron chi connectivity index (χ3n) is 5.06. The van der Waals surface area contributed by atoms with Gasteiger partial charge in [-0.3, -0.25) is 19.3 Å². The molecule has 0 unspecified atom stereocenters. The van der Waals surface area contributed by atoms with E-state index in [0.717, 1.165) is 27.8 Å².